The van der Waals surface area contributed by atoms with E-state index in [-0.39, 0.29) is 24.7 Å². The third-order valence-corrected chi connectivity index (χ3v) is 3.12. The maximum atomic E-state index is 10.3. The van der Waals surface area contributed by atoms with Crippen LogP contribution >= 0.6 is 0 Å². The highest BCUT2D eigenvalue weighted by Gasteiger charge is 2.12. The number of amides is 2. The predicted molar refractivity (Wildman–Crippen MR) is 79.2 cm³/mol. The van der Waals surface area contributed by atoms with E-state index in [2.05, 4.69) is 5.32 Å². The first-order chi connectivity index (χ1) is 10.4. The average molecular weight is 315 g/mol. The van der Waals surface area contributed by atoms with Crippen molar-refractivity contribution in [3.8, 4) is 0 Å². The maximum absolute atomic E-state index is 10.3. The lowest BCUT2D eigenvalue weighted by Crippen LogP contribution is -2.33. The lowest BCUT2D eigenvalue weighted by atomic mass is 10.1. The van der Waals surface area contributed by atoms with E-state index >= 15 is 0 Å². The van der Waals surface area contributed by atoms with Gasteiger partial charge in [0.15, 0.2) is 0 Å². The maximum Gasteiger partial charge on any atom is 0.303 e. The van der Waals surface area contributed by atoms with E-state index in [1.165, 1.54) is 0 Å². The Labute approximate surface area is 130 Å². The van der Waals surface area contributed by atoms with Gasteiger partial charge in [-0.15, -0.1) is 0 Å². The zero-order valence-electron chi connectivity index (χ0n) is 12.8. The summed E-state index contributed by atoms with van der Waals surface area (Å²) in [6, 6.07) is 0. The summed E-state index contributed by atoms with van der Waals surface area (Å²) < 4.78 is 0. The van der Waals surface area contributed by atoms with Gasteiger partial charge in [0.05, 0.1) is 0 Å². The number of carboxylic acids is 2. The number of imide groups is 1. The fourth-order valence-corrected chi connectivity index (χ4v) is 1.95. The van der Waals surface area contributed by atoms with Crippen LogP contribution in [0.15, 0.2) is 0 Å². The van der Waals surface area contributed by atoms with Crippen molar-refractivity contribution in [2.45, 2.75) is 70.6 Å². The van der Waals surface area contributed by atoms with Crippen LogP contribution in [0.2, 0.25) is 0 Å². The van der Waals surface area contributed by atoms with Crippen molar-refractivity contribution in [1.29, 1.82) is 0 Å². The molecule has 22 heavy (non-hydrogen) atoms. The summed E-state index contributed by atoms with van der Waals surface area (Å²) in [5, 5.41) is 18.9. The zero-order valence-corrected chi connectivity index (χ0v) is 12.8. The number of rotatable bonds is 9. The number of aliphatic carboxylic acids is 2. The molecule has 3 N–H and O–H groups in total. The molecule has 0 aromatic heterocycles. The minimum Gasteiger partial charge on any atom is -0.481 e. The van der Waals surface area contributed by atoms with E-state index in [1.807, 2.05) is 0 Å². The highest BCUT2D eigenvalue weighted by atomic mass is 16.4. The minimum atomic E-state index is -0.740. The minimum absolute atomic E-state index is 0.138. The quantitative estimate of drug-likeness (QED) is 0.442. The molecule has 0 atom stereocenters. The molecule has 1 heterocycles. The molecule has 0 saturated carbocycles. The molecule has 2 amide bonds. The summed E-state index contributed by atoms with van der Waals surface area (Å²) in [4.78, 5) is 41.0. The number of hydrogen-bond acceptors (Lipinski definition) is 4. The Kier molecular flexibility index (Phi) is 11.7. The van der Waals surface area contributed by atoms with Gasteiger partial charge in [0.1, 0.15) is 0 Å². The second-order valence-corrected chi connectivity index (χ2v) is 5.23. The van der Waals surface area contributed by atoms with Gasteiger partial charge in [0, 0.05) is 25.7 Å². The molecule has 0 aromatic rings. The number of carbonyl (C=O) groups is 4. The standard InChI is InChI=1S/C10H18O4.C5H7NO2/c11-9(12)7-5-3-1-2-4-6-8-10(13)14;7-4-2-1-3-5(8)6-4/h1-8H2,(H,11,12)(H,13,14);1-3H2,(H,6,7,8). The van der Waals surface area contributed by atoms with Gasteiger partial charge in [0.2, 0.25) is 11.8 Å². The van der Waals surface area contributed by atoms with Gasteiger partial charge in [-0.05, 0) is 19.3 Å². The van der Waals surface area contributed by atoms with Crippen LogP contribution in [0.5, 0.6) is 0 Å². The van der Waals surface area contributed by atoms with Crippen molar-refractivity contribution in [2.24, 2.45) is 0 Å². The first-order valence-electron chi connectivity index (χ1n) is 7.68. The predicted octanol–water partition coefficient (Wildman–Crippen LogP) is 2.09. The highest BCUT2D eigenvalue weighted by molar-refractivity contribution is 5.97. The van der Waals surface area contributed by atoms with Crippen molar-refractivity contribution in [3.05, 3.63) is 0 Å². The molecule has 0 radical (unpaired) electrons. The van der Waals surface area contributed by atoms with Gasteiger partial charge >= 0.3 is 11.9 Å². The topological polar surface area (TPSA) is 121 Å². The zero-order chi connectivity index (χ0) is 16.8. The van der Waals surface area contributed by atoms with Gasteiger partial charge in [-0.25, -0.2) is 0 Å². The molecule has 0 aromatic carbocycles. The van der Waals surface area contributed by atoms with Crippen LogP contribution < -0.4 is 5.32 Å². The van der Waals surface area contributed by atoms with Gasteiger partial charge in [-0.3, -0.25) is 24.5 Å². The first-order valence-corrected chi connectivity index (χ1v) is 7.68. The van der Waals surface area contributed by atoms with Crippen LogP contribution in [0.3, 0.4) is 0 Å². The number of nitrogens with one attached hydrogen (secondary N) is 1. The Morgan fingerprint density at radius 3 is 1.41 bits per heavy atom. The van der Waals surface area contributed by atoms with Crippen LogP contribution in [-0.2, 0) is 19.2 Å². The van der Waals surface area contributed by atoms with E-state index in [1.54, 1.807) is 0 Å². The van der Waals surface area contributed by atoms with Crippen molar-refractivity contribution in [3.63, 3.8) is 0 Å². The lowest BCUT2D eigenvalue weighted by Gasteiger charge is -2.07. The van der Waals surface area contributed by atoms with E-state index in [0.29, 0.717) is 19.3 Å². The SMILES string of the molecule is O=C(O)CCCCCCCCC(=O)O.O=C1CCCC(=O)N1. The Balaban J connectivity index is 0.000000461. The number of carbonyl (C=O) groups excluding carboxylic acids is 2. The second-order valence-electron chi connectivity index (χ2n) is 5.23. The molecule has 7 nitrogen and oxygen atoms in total. The van der Waals surface area contributed by atoms with Crippen molar-refractivity contribution in [2.75, 3.05) is 0 Å². The third-order valence-electron chi connectivity index (χ3n) is 3.12. The molecular weight excluding hydrogens is 290 g/mol. The third kappa shape index (κ3) is 14.5. The summed E-state index contributed by atoms with van der Waals surface area (Å²) in [5.74, 6) is -1.76. The number of carboxylic acid groups (broad SMARTS) is 2. The molecule has 1 saturated heterocycles. The largest absolute Gasteiger partial charge is 0.481 e. The molecule has 1 aliphatic heterocycles. The number of piperidine rings is 1. The van der Waals surface area contributed by atoms with Crippen LogP contribution in [0.25, 0.3) is 0 Å². The monoisotopic (exact) mass is 315 g/mol. The summed E-state index contributed by atoms with van der Waals surface area (Å²) in [7, 11) is 0. The summed E-state index contributed by atoms with van der Waals surface area (Å²) in [5.41, 5.74) is 0. The summed E-state index contributed by atoms with van der Waals surface area (Å²) in [6.45, 7) is 0. The molecule has 126 valence electrons. The fourth-order valence-electron chi connectivity index (χ4n) is 1.95. The lowest BCUT2D eigenvalue weighted by molar-refractivity contribution is -0.138. The Bertz CT molecular complexity index is 346. The molecule has 0 spiro atoms. The molecule has 1 rings (SSSR count). The number of hydrogen-bond donors (Lipinski definition) is 3. The van der Waals surface area contributed by atoms with Crippen LogP contribution in [0.4, 0.5) is 0 Å². The van der Waals surface area contributed by atoms with Crippen LogP contribution in [0.1, 0.15) is 70.6 Å². The van der Waals surface area contributed by atoms with E-state index < -0.39 is 11.9 Å². The van der Waals surface area contributed by atoms with E-state index in [9.17, 15) is 19.2 Å². The Hall–Kier alpha value is -1.92. The van der Waals surface area contributed by atoms with Gasteiger partial charge < -0.3 is 10.2 Å². The summed E-state index contributed by atoms with van der Waals surface area (Å²) >= 11 is 0. The van der Waals surface area contributed by atoms with Crippen molar-refractivity contribution < 1.29 is 29.4 Å². The van der Waals surface area contributed by atoms with Crippen molar-refractivity contribution >= 4 is 23.8 Å². The number of unbranched alkanes of at least 4 members (excludes halogenated alkanes) is 5. The van der Waals surface area contributed by atoms with E-state index in [4.69, 9.17) is 10.2 Å². The second kappa shape index (κ2) is 12.8. The average Bonchev–Trinajstić information content (AvgIpc) is 2.41. The normalized spacial score (nSPS) is 13.8. The fraction of sp³-hybridized carbons (Fsp3) is 0.733. The van der Waals surface area contributed by atoms with Crippen LogP contribution in [-0.4, -0.2) is 34.0 Å². The molecule has 7 heteroatoms. The molecule has 1 fully saturated rings. The van der Waals surface area contributed by atoms with Crippen LogP contribution in [0, 0.1) is 0 Å². The Morgan fingerprint density at radius 2 is 1.14 bits per heavy atom. The smallest absolute Gasteiger partial charge is 0.303 e. The highest BCUT2D eigenvalue weighted by Crippen LogP contribution is 2.08. The molecule has 1 aliphatic rings. The van der Waals surface area contributed by atoms with Gasteiger partial charge in [-0.1, -0.05) is 25.7 Å². The van der Waals surface area contributed by atoms with Gasteiger partial charge in [-0.2, -0.15) is 0 Å². The van der Waals surface area contributed by atoms with Gasteiger partial charge in [0.25, 0.3) is 0 Å². The first kappa shape index (κ1) is 20.1. The van der Waals surface area contributed by atoms with E-state index in [0.717, 1.165) is 38.5 Å². The molecule has 0 aliphatic carbocycles. The molecule has 0 unspecified atom stereocenters. The molecule has 0 bridgehead atoms. The Morgan fingerprint density at radius 1 is 0.773 bits per heavy atom. The van der Waals surface area contributed by atoms with Crippen molar-refractivity contribution in [1.82, 2.24) is 5.32 Å². The summed E-state index contributed by atoms with van der Waals surface area (Å²) in [6.07, 6.45) is 7.55. The molecular formula is C15H25NO6.